The van der Waals surface area contributed by atoms with Crippen LogP contribution in [0.4, 0.5) is 5.82 Å². The molecular formula is C13H23N3O. The fraction of sp³-hybridized carbons (Fsp3) is 0.615. The number of hydrogen-bond donors (Lipinski definition) is 3. The Morgan fingerprint density at radius 2 is 2.18 bits per heavy atom. The predicted octanol–water partition coefficient (Wildman–Crippen LogP) is 1.87. The van der Waals surface area contributed by atoms with Crippen molar-refractivity contribution < 1.29 is 5.11 Å². The summed E-state index contributed by atoms with van der Waals surface area (Å²) < 4.78 is 0. The van der Waals surface area contributed by atoms with Crippen LogP contribution < -0.4 is 11.1 Å². The summed E-state index contributed by atoms with van der Waals surface area (Å²) in [6, 6.07) is 3.51. The van der Waals surface area contributed by atoms with E-state index in [0.717, 1.165) is 18.4 Å². The van der Waals surface area contributed by atoms with E-state index in [1.165, 1.54) is 0 Å². The lowest BCUT2D eigenvalue weighted by Crippen LogP contribution is -2.41. The molecule has 96 valence electrons. The van der Waals surface area contributed by atoms with Gasteiger partial charge < -0.3 is 16.2 Å². The van der Waals surface area contributed by atoms with Crippen molar-refractivity contribution in [2.45, 2.75) is 45.3 Å². The van der Waals surface area contributed by atoms with E-state index >= 15 is 0 Å². The fourth-order valence-corrected chi connectivity index (χ4v) is 1.82. The number of nitrogens with two attached hydrogens (primary N) is 1. The normalized spacial score (nSPS) is 13.6. The predicted molar refractivity (Wildman–Crippen MR) is 70.6 cm³/mol. The molecule has 4 nitrogen and oxygen atoms in total. The molecule has 0 aliphatic rings. The third-order valence-electron chi connectivity index (χ3n) is 2.84. The zero-order valence-electron chi connectivity index (χ0n) is 10.9. The molecule has 0 bridgehead atoms. The van der Waals surface area contributed by atoms with E-state index in [0.29, 0.717) is 12.4 Å². The summed E-state index contributed by atoms with van der Waals surface area (Å²) in [6.07, 6.45) is 3.28. The number of aliphatic hydroxyl groups is 1. The highest BCUT2D eigenvalue weighted by Gasteiger charge is 2.17. The Hall–Kier alpha value is -1.13. The van der Waals surface area contributed by atoms with Gasteiger partial charge in [0.25, 0.3) is 0 Å². The van der Waals surface area contributed by atoms with Gasteiger partial charge in [0.1, 0.15) is 5.82 Å². The van der Waals surface area contributed by atoms with Crippen LogP contribution in [-0.4, -0.2) is 22.2 Å². The van der Waals surface area contributed by atoms with Crippen LogP contribution in [0.25, 0.3) is 0 Å². The molecule has 0 fully saturated rings. The van der Waals surface area contributed by atoms with Gasteiger partial charge in [0.15, 0.2) is 0 Å². The van der Waals surface area contributed by atoms with Crippen LogP contribution in [0.3, 0.4) is 0 Å². The van der Waals surface area contributed by atoms with Gasteiger partial charge >= 0.3 is 0 Å². The van der Waals surface area contributed by atoms with E-state index in [9.17, 15) is 5.11 Å². The number of hydrogen-bond acceptors (Lipinski definition) is 4. The molecule has 17 heavy (non-hydrogen) atoms. The molecule has 0 unspecified atom stereocenters. The maximum absolute atomic E-state index is 10.00. The fourth-order valence-electron chi connectivity index (χ4n) is 1.82. The lowest BCUT2D eigenvalue weighted by molar-refractivity contribution is 0.158. The molecule has 0 amide bonds. The van der Waals surface area contributed by atoms with Gasteiger partial charge in [-0.15, -0.1) is 0 Å². The second-order valence-corrected chi connectivity index (χ2v) is 5.05. The van der Waals surface area contributed by atoms with Crippen LogP contribution in [0.5, 0.6) is 0 Å². The maximum Gasteiger partial charge on any atom is 0.123 e. The number of nitrogen functional groups attached to an aromatic ring is 1. The third kappa shape index (κ3) is 4.71. The smallest absolute Gasteiger partial charge is 0.123 e. The summed E-state index contributed by atoms with van der Waals surface area (Å²) in [6.45, 7) is 6.97. The molecule has 1 aromatic heterocycles. The first kappa shape index (κ1) is 13.9. The Morgan fingerprint density at radius 1 is 1.47 bits per heavy atom. The van der Waals surface area contributed by atoms with Gasteiger partial charge in [-0.1, -0.05) is 19.4 Å². The minimum absolute atomic E-state index is 0.0525. The van der Waals surface area contributed by atoms with Gasteiger partial charge in [-0.25, -0.2) is 4.98 Å². The van der Waals surface area contributed by atoms with Crippen molar-refractivity contribution in [3.8, 4) is 0 Å². The minimum Gasteiger partial charge on any atom is -0.387 e. The zero-order chi connectivity index (χ0) is 12.9. The van der Waals surface area contributed by atoms with Gasteiger partial charge in [0.2, 0.25) is 0 Å². The second kappa shape index (κ2) is 5.98. The minimum atomic E-state index is -0.542. The van der Waals surface area contributed by atoms with Crippen LogP contribution in [0.2, 0.25) is 0 Å². The number of rotatable bonds is 6. The van der Waals surface area contributed by atoms with Crippen LogP contribution in [0.15, 0.2) is 18.3 Å². The van der Waals surface area contributed by atoms with Gasteiger partial charge in [-0.3, -0.25) is 0 Å². The Morgan fingerprint density at radius 3 is 2.71 bits per heavy atom. The van der Waals surface area contributed by atoms with E-state index in [4.69, 9.17) is 5.73 Å². The lowest BCUT2D eigenvalue weighted by atomic mass is 9.98. The van der Waals surface area contributed by atoms with Crippen molar-refractivity contribution >= 4 is 5.82 Å². The monoisotopic (exact) mass is 237 g/mol. The average molecular weight is 237 g/mol. The molecule has 0 aliphatic heterocycles. The molecule has 0 spiro atoms. The Kier molecular flexibility index (Phi) is 4.90. The Labute approximate surface area is 103 Å². The third-order valence-corrected chi connectivity index (χ3v) is 2.84. The van der Waals surface area contributed by atoms with Crippen molar-refractivity contribution in [3.05, 3.63) is 23.9 Å². The SMILES string of the molecule is CCCC(C)(C)NC[C@H](O)c1ccc(N)nc1. The van der Waals surface area contributed by atoms with Crippen LogP contribution >= 0.6 is 0 Å². The molecule has 1 rings (SSSR count). The Balaban J connectivity index is 2.49. The van der Waals surface area contributed by atoms with Crippen molar-refractivity contribution in [1.29, 1.82) is 0 Å². The molecule has 0 saturated heterocycles. The number of anilines is 1. The second-order valence-electron chi connectivity index (χ2n) is 5.05. The van der Waals surface area contributed by atoms with Gasteiger partial charge in [0.05, 0.1) is 6.10 Å². The summed E-state index contributed by atoms with van der Waals surface area (Å²) in [5, 5.41) is 13.4. The van der Waals surface area contributed by atoms with Crippen LogP contribution in [0, 0.1) is 0 Å². The van der Waals surface area contributed by atoms with Crippen LogP contribution in [0.1, 0.15) is 45.3 Å². The largest absolute Gasteiger partial charge is 0.387 e. The molecule has 1 heterocycles. The first-order valence-corrected chi connectivity index (χ1v) is 6.09. The van der Waals surface area contributed by atoms with Crippen molar-refractivity contribution in [1.82, 2.24) is 10.3 Å². The first-order chi connectivity index (χ1) is 7.94. The summed E-state index contributed by atoms with van der Waals surface area (Å²) in [5.41, 5.74) is 6.34. The quantitative estimate of drug-likeness (QED) is 0.706. The lowest BCUT2D eigenvalue weighted by Gasteiger charge is -2.27. The summed E-state index contributed by atoms with van der Waals surface area (Å²) in [5.74, 6) is 0.472. The van der Waals surface area contributed by atoms with E-state index in [1.54, 1.807) is 12.3 Å². The molecule has 0 radical (unpaired) electrons. The first-order valence-electron chi connectivity index (χ1n) is 6.09. The summed E-state index contributed by atoms with van der Waals surface area (Å²) in [7, 11) is 0. The molecule has 0 aliphatic carbocycles. The Bertz CT molecular complexity index is 335. The average Bonchev–Trinajstić information content (AvgIpc) is 2.27. The summed E-state index contributed by atoms with van der Waals surface area (Å²) in [4.78, 5) is 3.97. The molecule has 4 N–H and O–H groups in total. The zero-order valence-corrected chi connectivity index (χ0v) is 10.9. The highest BCUT2D eigenvalue weighted by atomic mass is 16.3. The molecule has 4 heteroatoms. The van der Waals surface area contributed by atoms with E-state index < -0.39 is 6.10 Å². The molecule has 1 aromatic rings. The molecule has 0 aromatic carbocycles. The highest BCUT2D eigenvalue weighted by Crippen LogP contribution is 2.15. The molecule has 0 saturated carbocycles. The summed E-state index contributed by atoms with van der Waals surface area (Å²) >= 11 is 0. The number of nitrogens with zero attached hydrogens (tertiary/aromatic N) is 1. The maximum atomic E-state index is 10.00. The number of aliphatic hydroxyl groups excluding tert-OH is 1. The van der Waals surface area contributed by atoms with Gasteiger partial charge in [-0.2, -0.15) is 0 Å². The van der Waals surface area contributed by atoms with Crippen molar-refractivity contribution in [2.75, 3.05) is 12.3 Å². The van der Waals surface area contributed by atoms with Crippen LogP contribution in [-0.2, 0) is 0 Å². The van der Waals surface area contributed by atoms with Crippen molar-refractivity contribution in [2.24, 2.45) is 0 Å². The topological polar surface area (TPSA) is 71.2 Å². The van der Waals surface area contributed by atoms with Gasteiger partial charge in [-0.05, 0) is 26.3 Å². The highest BCUT2D eigenvalue weighted by molar-refractivity contribution is 5.30. The molecular weight excluding hydrogens is 214 g/mol. The standard InChI is InChI=1S/C13H23N3O/c1-4-7-13(2,3)16-9-11(17)10-5-6-12(14)15-8-10/h5-6,8,11,16-17H,4,7,9H2,1-3H3,(H2,14,15)/t11-/m0/s1. The van der Waals surface area contributed by atoms with Crippen molar-refractivity contribution in [3.63, 3.8) is 0 Å². The molecule has 1 atom stereocenters. The number of aromatic nitrogens is 1. The van der Waals surface area contributed by atoms with Gasteiger partial charge in [0, 0.05) is 23.8 Å². The van der Waals surface area contributed by atoms with E-state index in [1.807, 2.05) is 6.07 Å². The number of β-amino-alcohol motifs (C(OH)–C–C–N with tert-alkyl or cyclic N) is 1. The van der Waals surface area contributed by atoms with E-state index in [2.05, 4.69) is 31.1 Å². The van der Waals surface area contributed by atoms with E-state index in [-0.39, 0.29) is 5.54 Å². The number of pyridine rings is 1. The number of nitrogens with one attached hydrogen (secondary N) is 1.